The first kappa shape index (κ1) is 14.8. The normalized spacial score (nSPS) is 24.7. The predicted octanol–water partition coefficient (Wildman–Crippen LogP) is 2.91. The third kappa shape index (κ3) is 3.55. The maximum atomic E-state index is 13.0. The molecule has 3 rings (SSSR count). The average molecular weight is 292 g/mol. The van der Waals surface area contributed by atoms with Gasteiger partial charge in [-0.15, -0.1) is 0 Å². The highest BCUT2D eigenvalue weighted by Gasteiger charge is 2.30. The van der Waals surface area contributed by atoms with E-state index in [2.05, 4.69) is 16.7 Å². The van der Waals surface area contributed by atoms with Gasteiger partial charge in [0.1, 0.15) is 5.82 Å². The van der Waals surface area contributed by atoms with E-state index in [1.165, 1.54) is 6.42 Å². The van der Waals surface area contributed by atoms with E-state index in [-0.39, 0.29) is 5.82 Å². The first-order chi connectivity index (χ1) is 10.3. The van der Waals surface area contributed by atoms with Crippen molar-refractivity contribution in [3.05, 3.63) is 30.1 Å². The third-order valence-electron chi connectivity index (χ3n) is 4.75. The molecule has 2 aliphatic rings. The molecule has 1 atom stereocenters. The lowest BCUT2D eigenvalue weighted by molar-refractivity contribution is 0.00615. The molecule has 116 valence electrons. The number of halogens is 1. The summed E-state index contributed by atoms with van der Waals surface area (Å²) in [5.74, 6) is -0.160. The van der Waals surface area contributed by atoms with Crippen LogP contribution in [0.1, 0.15) is 26.2 Å². The molecule has 2 saturated heterocycles. The number of likely N-dealkylation sites (tertiary alicyclic amines) is 1. The van der Waals surface area contributed by atoms with Crippen molar-refractivity contribution in [3.63, 3.8) is 0 Å². The van der Waals surface area contributed by atoms with Crippen molar-refractivity contribution < 1.29 is 9.13 Å². The predicted molar refractivity (Wildman–Crippen MR) is 83.2 cm³/mol. The molecule has 2 heterocycles. The van der Waals surface area contributed by atoms with Crippen molar-refractivity contribution in [2.45, 2.75) is 38.3 Å². The lowest BCUT2D eigenvalue weighted by Crippen LogP contribution is -2.44. The van der Waals surface area contributed by atoms with Crippen LogP contribution in [0, 0.1) is 5.82 Å². The Kier molecular flexibility index (Phi) is 4.76. The first-order valence-corrected chi connectivity index (χ1v) is 8.12. The average Bonchev–Trinajstić information content (AvgIpc) is 2.99. The lowest BCUT2D eigenvalue weighted by Gasteiger charge is -2.35. The van der Waals surface area contributed by atoms with Crippen molar-refractivity contribution >= 4 is 5.69 Å². The van der Waals surface area contributed by atoms with E-state index in [1.54, 1.807) is 12.1 Å². The number of hydrogen-bond acceptors (Lipinski definition) is 3. The highest BCUT2D eigenvalue weighted by Crippen LogP contribution is 2.25. The molecule has 0 aromatic heterocycles. The maximum absolute atomic E-state index is 13.0. The Morgan fingerprint density at radius 3 is 2.48 bits per heavy atom. The third-order valence-corrected chi connectivity index (χ3v) is 4.75. The van der Waals surface area contributed by atoms with Gasteiger partial charge in [-0.2, -0.15) is 0 Å². The fraction of sp³-hybridized carbons (Fsp3) is 0.647. The van der Waals surface area contributed by atoms with Crippen LogP contribution in [-0.2, 0) is 4.74 Å². The minimum atomic E-state index is -0.160. The number of piperidine rings is 1. The molecule has 1 aromatic rings. The van der Waals surface area contributed by atoms with Crippen LogP contribution in [0.3, 0.4) is 0 Å². The molecule has 0 radical (unpaired) electrons. The monoisotopic (exact) mass is 292 g/mol. The number of anilines is 1. The minimum absolute atomic E-state index is 0.160. The second-order valence-corrected chi connectivity index (χ2v) is 6.06. The van der Waals surface area contributed by atoms with Gasteiger partial charge >= 0.3 is 0 Å². The largest absolute Gasteiger partial charge is 0.378 e. The number of benzene rings is 1. The summed E-state index contributed by atoms with van der Waals surface area (Å²) >= 11 is 0. The van der Waals surface area contributed by atoms with Crippen LogP contribution < -0.4 is 4.90 Å². The Morgan fingerprint density at radius 1 is 1.10 bits per heavy atom. The molecular formula is C17H25FN2O. The molecule has 0 aliphatic carbocycles. The van der Waals surface area contributed by atoms with Crippen LogP contribution in [0.5, 0.6) is 0 Å². The number of ether oxygens (including phenoxy) is 1. The summed E-state index contributed by atoms with van der Waals surface area (Å²) in [5.41, 5.74) is 1.14. The highest BCUT2D eigenvalue weighted by atomic mass is 19.1. The smallest absolute Gasteiger partial charge is 0.123 e. The molecule has 0 amide bonds. The summed E-state index contributed by atoms with van der Waals surface area (Å²) in [4.78, 5) is 4.98. The van der Waals surface area contributed by atoms with Crippen LogP contribution >= 0.6 is 0 Å². The Balaban J connectivity index is 1.52. The molecule has 2 aliphatic heterocycles. The first-order valence-electron chi connectivity index (χ1n) is 8.12. The Bertz CT molecular complexity index is 443. The number of nitrogens with zero attached hydrogens (tertiary/aromatic N) is 2. The lowest BCUT2D eigenvalue weighted by atomic mass is 10.1. The Hall–Kier alpha value is -1.13. The molecule has 0 bridgehead atoms. The van der Waals surface area contributed by atoms with Gasteiger partial charge < -0.3 is 9.64 Å². The van der Waals surface area contributed by atoms with Gasteiger partial charge in [0.25, 0.3) is 0 Å². The molecule has 0 saturated carbocycles. The molecule has 1 aromatic carbocycles. The van der Waals surface area contributed by atoms with Crippen LogP contribution in [0.15, 0.2) is 24.3 Å². The van der Waals surface area contributed by atoms with Crippen LogP contribution in [0.2, 0.25) is 0 Å². The topological polar surface area (TPSA) is 15.7 Å². The quantitative estimate of drug-likeness (QED) is 0.848. The van der Waals surface area contributed by atoms with Crippen molar-refractivity contribution in [3.8, 4) is 0 Å². The standard InChI is InChI=1S/C17H25FN2O/c1-2-21-17-8-11-19(12-9-17)16-7-10-20(13-16)15-5-3-14(18)4-6-15/h3-6,16-17H,2,7-13H2,1H3/t16-/m0/s1. The second-order valence-electron chi connectivity index (χ2n) is 6.06. The molecule has 21 heavy (non-hydrogen) atoms. The van der Waals surface area contributed by atoms with Gasteiger partial charge in [0.15, 0.2) is 0 Å². The molecule has 0 N–H and O–H groups in total. The van der Waals surface area contributed by atoms with Gasteiger partial charge in [-0.1, -0.05) is 0 Å². The maximum Gasteiger partial charge on any atom is 0.123 e. The van der Waals surface area contributed by atoms with Crippen molar-refractivity contribution in [1.82, 2.24) is 4.90 Å². The van der Waals surface area contributed by atoms with Gasteiger partial charge in [0.2, 0.25) is 0 Å². The van der Waals surface area contributed by atoms with E-state index in [0.717, 1.165) is 51.3 Å². The second kappa shape index (κ2) is 6.75. The summed E-state index contributed by atoms with van der Waals surface area (Å²) < 4.78 is 18.7. The van der Waals surface area contributed by atoms with Crippen LogP contribution in [0.4, 0.5) is 10.1 Å². The SMILES string of the molecule is CCOC1CCN([C@H]2CCN(c3ccc(F)cc3)C2)CC1. The Morgan fingerprint density at radius 2 is 1.81 bits per heavy atom. The summed E-state index contributed by atoms with van der Waals surface area (Å²) in [6.45, 7) is 7.32. The van der Waals surface area contributed by atoms with E-state index >= 15 is 0 Å². The van der Waals surface area contributed by atoms with Crippen molar-refractivity contribution in [2.24, 2.45) is 0 Å². The van der Waals surface area contributed by atoms with E-state index in [0.29, 0.717) is 12.1 Å². The zero-order valence-electron chi connectivity index (χ0n) is 12.8. The number of rotatable bonds is 4. The molecule has 4 heteroatoms. The van der Waals surface area contributed by atoms with Gasteiger partial charge in [-0.3, -0.25) is 4.90 Å². The summed E-state index contributed by atoms with van der Waals surface area (Å²) in [6.07, 6.45) is 3.97. The van der Waals surface area contributed by atoms with Gasteiger partial charge in [-0.25, -0.2) is 4.39 Å². The van der Waals surface area contributed by atoms with E-state index < -0.39 is 0 Å². The van der Waals surface area contributed by atoms with Gasteiger partial charge in [0.05, 0.1) is 6.10 Å². The minimum Gasteiger partial charge on any atom is -0.378 e. The van der Waals surface area contributed by atoms with Crippen LogP contribution in [-0.4, -0.2) is 49.8 Å². The molecule has 2 fully saturated rings. The number of hydrogen-bond donors (Lipinski definition) is 0. The fourth-order valence-corrected chi connectivity index (χ4v) is 3.57. The summed E-state index contributed by atoms with van der Waals surface area (Å²) in [5, 5.41) is 0. The Labute approximate surface area is 126 Å². The molecule has 3 nitrogen and oxygen atoms in total. The van der Waals surface area contributed by atoms with Gasteiger partial charge in [0, 0.05) is 44.5 Å². The zero-order valence-corrected chi connectivity index (χ0v) is 12.8. The summed E-state index contributed by atoms with van der Waals surface area (Å²) in [7, 11) is 0. The molecular weight excluding hydrogens is 267 g/mol. The summed E-state index contributed by atoms with van der Waals surface area (Å²) in [6, 6.07) is 7.52. The van der Waals surface area contributed by atoms with E-state index in [1.807, 2.05) is 12.1 Å². The molecule has 0 unspecified atom stereocenters. The van der Waals surface area contributed by atoms with Gasteiger partial charge in [-0.05, 0) is 50.5 Å². The van der Waals surface area contributed by atoms with E-state index in [4.69, 9.17) is 4.74 Å². The van der Waals surface area contributed by atoms with Crippen LogP contribution in [0.25, 0.3) is 0 Å². The molecule has 0 spiro atoms. The fourth-order valence-electron chi connectivity index (χ4n) is 3.57. The van der Waals surface area contributed by atoms with Crippen molar-refractivity contribution in [2.75, 3.05) is 37.7 Å². The zero-order chi connectivity index (χ0) is 14.7. The van der Waals surface area contributed by atoms with E-state index in [9.17, 15) is 4.39 Å². The highest BCUT2D eigenvalue weighted by molar-refractivity contribution is 5.47. The van der Waals surface area contributed by atoms with Crippen molar-refractivity contribution in [1.29, 1.82) is 0 Å².